The Morgan fingerprint density at radius 2 is 0.738 bits per heavy atom. The number of anilines is 6. The number of furan rings is 1. The zero-order valence-electron chi connectivity index (χ0n) is 33.4. The number of para-hydroxylation sites is 2. The fourth-order valence-electron chi connectivity index (χ4n) is 8.71. The first-order chi connectivity index (χ1) is 30.3. The molecule has 0 saturated carbocycles. The third-order valence-corrected chi connectivity index (χ3v) is 11.6. The molecule has 288 valence electrons. The second kappa shape index (κ2) is 15.6. The lowest BCUT2D eigenvalue weighted by atomic mass is 9.99. The normalized spacial score (nSPS) is 11.3. The lowest BCUT2D eigenvalue weighted by molar-refractivity contribution is 0.669. The average Bonchev–Trinajstić information content (AvgIpc) is 3.72. The van der Waals surface area contributed by atoms with Crippen molar-refractivity contribution in [2.24, 2.45) is 0 Å². The molecular formula is C58H40N2O. The number of fused-ring (bicyclic) bond motifs is 4. The number of hydrogen-bond acceptors (Lipinski definition) is 3. The minimum atomic E-state index is 0.805. The molecule has 0 spiro atoms. The van der Waals surface area contributed by atoms with Gasteiger partial charge in [0.2, 0.25) is 0 Å². The van der Waals surface area contributed by atoms with Crippen LogP contribution < -0.4 is 9.80 Å². The van der Waals surface area contributed by atoms with E-state index in [1.54, 1.807) is 0 Å². The Morgan fingerprint density at radius 1 is 0.295 bits per heavy atom. The highest BCUT2D eigenvalue weighted by atomic mass is 16.3. The summed E-state index contributed by atoms with van der Waals surface area (Å²) in [6.07, 6.45) is 0. The highest BCUT2D eigenvalue weighted by Gasteiger charge is 2.27. The summed E-state index contributed by atoms with van der Waals surface area (Å²) >= 11 is 0. The highest BCUT2D eigenvalue weighted by Crippen LogP contribution is 2.50. The first kappa shape index (κ1) is 36.0. The molecule has 0 atom stereocenters. The van der Waals surface area contributed by atoms with E-state index in [2.05, 4.69) is 252 Å². The van der Waals surface area contributed by atoms with E-state index in [1.807, 2.05) is 0 Å². The van der Waals surface area contributed by atoms with E-state index in [9.17, 15) is 0 Å². The fraction of sp³-hybridized carbons (Fsp3) is 0. The Hall–Kier alpha value is -8.14. The summed E-state index contributed by atoms with van der Waals surface area (Å²) in [7, 11) is 0. The molecule has 61 heavy (non-hydrogen) atoms. The topological polar surface area (TPSA) is 19.6 Å². The van der Waals surface area contributed by atoms with Gasteiger partial charge in [0.1, 0.15) is 5.58 Å². The van der Waals surface area contributed by atoms with Crippen LogP contribution in [-0.4, -0.2) is 0 Å². The second-order valence-corrected chi connectivity index (χ2v) is 15.3. The fourth-order valence-corrected chi connectivity index (χ4v) is 8.71. The van der Waals surface area contributed by atoms with E-state index in [-0.39, 0.29) is 0 Å². The molecule has 0 radical (unpaired) electrons. The van der Waals surface area contributed by atoms with Crippen LogP contribution in [0.1, 0.15) is 0 Å². The van der Waals surface area contributed by atoms with Gasteiger partial charge in [-0.05, 0) is 105 Å². The van der Waals surface area contributed by atoms with Crippen molar-refractivity contribution in [3.63, 3.8) is 0 Å². The van der Waals surface area contributed by atoms with E-state index in [0.717, 1.165) is 83.5 Å². The monoisotopic (exact) mass is 780 g/mol. The van der Waals surface area contributed by atoms with Crippen molar-refractivity contribution < 1.29 is 4.42 Å². The van der Waals surface area contributed by atoms with Crippen LogP contribution in [0.5, 0.6) is 0 Å². The van der Waals surface area contributed by atoms with Gasteiger partial charge in [-0.3, -0.25) is 0 Å². The van der Waals surface area contributed by atoms with Crippen molar-refractivity contribution in [1.29, 1.82) is 0 Å². The molecule has 1 heterocycles. The lowest BCUT2D eigenvalue weighted by Gasteiger charge is -2.30. The molecule has 11 aromatic rings. The van der Waals surface area contributed by atoms with Crippen molar-refractivity contribution in [2.75, 3.05) is 9.80 Å². The molecule has 11 rings (SSSR count). The first-order valence-electron chi connectivity index (χ1n) is 20.8. The Bertz CT molecular complexity index is 3270. The van der Waals surface area contributed by atoms with Crippen LogP contribution in [-0.2, 0) is 0 Å². The highest BCUT2D eigenvalue weighted by molar-refractivity contribution is 6.20. The van der Waals surface area contributed by atoms with Crippen LogP contribution in [0.2, 0.25) is 0 Å². The molecule has 0 aliphatic carbocycles. The molecular weight excluding hydrogens is 741 g/mol. The van der Waals surface area contributed by atoms with Crippen molar-refractivity contribution in [3.8, 4) is 33.4 Å². The maximum atomic E-state index is 7.23. The summed E-state index contributed by atoms with van der Waals surface area (Å²) in [4.78, 5) is 4.73. The van der Waals surface area contributed by atoms with Gasteiger partial charge in [-0.2, -0.15) is 0 Å². The Labute approximate surface area is 355 Å². The van der Waals surface area contributed by atoms with Crippen LogP contribution in [0.3, 0.4) is 0 Å². The third kappa shape index (κ3) is 6.69. The molecule has 0 amide bonds. The summed E-state index contributed by atoms with van der Waals surface area (Å²) in [5.74, 6) is 0. The quantitative estimate of drug-likeness (QED) is 0.145. The van der Waals surface area contributed by atoms with Gasteiger partial charge in [-0.25, -0.2) is 0 Å². The minimum absolute atomic E-state index is 0.805. The van der Waals surface area contributed by atoms with Crippen molar-refractivity contribution in [1.82, 2.24) is 0 Å². The smallest absolute Gasteiger partial charge is 0.161 e. The van der Waals surface area contributed by atoms with Crippen LogP contribution in [0, 0.1) is 0 Å². The Balaban J connectivity index is 1.18. The predicted octanol–water partition coefficient (Wildman–Crippen LogP) is 16.7. The number of rotatable bonds is 9. The number of benzene rings is 10. The SMILES string of the molecule is c1ccc(-c2ccc(N(c3ccccc3-c3ccccc3)c3ccc(N(c4ccccc4)c4ccc(-c5ccccc5)cc4)c4c3oc3cc5ccccc5cc34)cc2)cc1. The van der Waals surface area contributed by atoms with Crippen molar-refractivity contribution >= 4 is 66.8 Å². The van der Waals surface area contributed by atoms with Gasteiger partial charge in [0.25, 0.3) is 0 Å². The van der Waals surface area contributed by atoms with Gasteiger partial charge < -0.3 is 14.2 Å². The van der Waals surface area contributed by atoms with Gasteiger partial charge in [0.05, 0.1) is 22.4 Å². The van der Waals surface area contributed by atoms with Gasteiger partial charge in [-0.15, -0.1) is 0 Å². The molecule has 0 bridgehead atoms. The van der Waals surface area contributed by atoms with Gasteiger partial charge in [0.15, 0.2) is 5.58 Å². The first-order valence-corrected chi connectivity index (χ1v) is 20.8. The number of nitrogens with zero attached hydrogens (tertiary/aromatic N) is 2. The molecule has 0 saturated heterocycles. The second-order valence-electron chi connectivity index (χ2n) is 15.3. The van der Waals surface area contributed by atoms with E-state index < -0.39 is 0 Å². The molecule has 1 aromatic heterocycles. The third-order valence-electron chi connectivity index (χ3n) is 11.6. The maximum Gasteiger partial charge on any atom is 0.161 e. The van der Waals surface area contributed by atoms with Gasteiger partial charge in [0, 0.05) is 28.0 Å². The number of hydrogen-bond donors (Lipinski definition) is 0. The summed E-state index contributed by atoms with van der Waals surface area (Å²) in [6.45, 7) is 0. The van der Waals surface area contributed by atoms with Crippen LogP contribution in [0.25, 0.3) is 66.1 Å². The van der Waals surface area contributed by atoms with Crippen LogP contribution >= 0.6 is 0 Å². The largest absolute Gasteiger partial charge is 0.454 e. The van der Waals surface area contributed by atoms with Crippen LogP contribution in [0.15, 0.2) is 247 Å². The minimum Gasteiger partial charge on any atom is -0.454 e. The molecule has 0 aliphatic rings. The molecule has 0 fully saturated rings. The van der Waals surface area contributed by atoms with E-state index in [0.29, 0.717) is 0 Å². The molecule has 0 unspecified atom stereocenters. The summed E-state index contributed by atoms with van der Waals surface area (Å²) in [5.41, 5.74) is 14.8. The zero-order valence-corrected chi connectivity index (χ0v) is 33.4. The lowest BCUT2D eigenvalue weighted by Crippen LogP contribution is -2.13. The van der Waals surface area contributed by atoms with Crippen molar-refractivity contribution in [2.45, 2.75) is 0 Å². The van der Waals surface area contributed by atoms with Gasteiger partial charge >= 0.3 is 0 Å². The standard InChI is InChI=1S/C58H40N2O/c1-5-17-41(18-6-1)43-29-33-49(34-30-43)59(48-25-11-4-12-26-48)54-37-38-55(58-57(54)52-39-46-23-13-14-24-47(46)40-56(52)61-58)60(50-35-31-44(32-36-50)42-19-7-2-8-20-42)53-28-16-15-27-51(53)45-21-9-3-10-22-45/h1-40H. The Kier molecular flexibility index (Phi) is 9.18. The predicted molar refractivity (Wildman–Crippen MR) is 257 cm³/mol. The maximum absolute atomic E-state index is 7.23. The molecule has 3 heteroatoms. The summed E-state index contributed by atoms with van der Waals surface area (Å²) < 4.78 is 7.23. The average molecular weight is 781 g/mol. The molecule has 3 nitrogen and oxygen atoms in total. The zero-order chi connectivity index (χ0) is 40.5. The molecule has 0 N–H and O–H groups in total. The summed E-state index contributed by atoms with van der Waals surface area (Å²) in [5, 5.41) is 4.40. The Morgan fingerprint density at radius 3 is 1.34 bits per heavy atom. The van der Waals surface area contributed by atoms with E-state index in [4.69, 9.17) is 4.42 Å². The van der Waals surface area contributed by atoms with Crippen molar-refractivity contribution in [3.05, 3.63) is 243 Å². The van der Waals surface area contributed by atoms with E-state index in [1.165, 1.54) is 16.7 Å². The molecule has 0 aliphatic heterocycles. The van der Waals surface area contributed by atoms with E-state index >= 15 is 0 Å². The molecule has 10 aromatic carbocycles. The van der Waals surface area contributed by atoms with Crippen LogP contribution in [0.4, 0.5) is 34.1 Å². The summed E-state index contributed by atoms with van der Waals surface area (Å²) in [6, 6.07) is 86.4. The van der Waals surface area contributed by atoms with Gasteiger partial charge in [-0.1, -0.05) is 176 Å².